The van der Waals surface area contributed by atoms with Crippen molar-refractivity contribution in [2.24, 2.45) is 0 Å². The molecule has 0 fully saturated rings. The minimum atomic E-state index is -0.740. The molecule has 152 valence electrons. The first kappa shape index (κ1) is 20.7. The lowest BCUT2D eigenvalue weighted by atomic mass is 10.2. The summed E-state index contributed by atoms with van der Waals surface area (Å²) in [5, 5.41) is 8.59. The number of amides is 3. The summed E-state index contributed by atoms with van der Waals surface area (Å²) >= 11 is 2.90. The monoisotopic (exact) mass is 432 g/mol. The number of nitrogens with one attached hydrogen (secondary N) is 3. The molecule has 8 nitrogen and oxygen atoms in total. The van der Waals surface area contributed by atoms with Gasteiger partial charge in [-0.05, 0) is 32.0 Å². The fourth-order valence-corrected chi connectivity index (χ4v) is 4.33. The number of rotatable bonds is 7. The summed E-state index contributed by atoms with van der Waals surface area (Å²) in [4.78, 5) is 42.9. The Morgan fingerprint density at radius 2 is 2.00 bits per heavy atom. The van der Waals surface area contributed by atoms with Gasteiger partial charge in [-0.25, -0.2) is 4.98 Å². The highest BCUT2D eigenvalue weighted by atomic mass is 32.1. The average molecular weight is 433 g/mol. The maximum atomic E-state index is 12.4. The largest absolute Gasteiger partial charge is 0.472 e. The van der Waals surface area contributed by atoms with Crippen molar-refractivity contribution in [1.82, 2.24) is 15.6 Å². The smallest absolute Gasteiger partial charge is 0.255 e. The zero-order valence-electron chi connectivity index (χ0n) is 16.1. The summed E-state index contributed by atoms with van der Waals surface area (Å²) in [5.74, 6) is -0.828. The Kier molecular flexibility index (Phi) is 6.45. The molecule has 3 heterocycles. The van der Waals surface area contributed by atoms with Gasteiger partial charge in [0.25, 0.3) is 5.91 Å². The van der Waals surface area contributed by atoms with Crippen LogP contribution in [0.5, 0.6) is 0 Å². The third-order valence-electron chi connectivity index (χ3n) is 3.96. The summed E-state index contributed by atoms with van der Waals surface area (Å²) in [6, 6.07) is 4.68. The van der Waals surface area contributed by atoms with E-state index in [1.807, 2.05) is 19.1 Å². The van der Waals surface area contributed by atoms with Gasteiger partial charge in [-0.2, -0.15) is 0 Å². The van der Waals surface area contributed by atoms with Crippen LogP contribution in [0.25, 0.3) is 10.6 Å². The molecule has 3 aromatic rings. The van der Waals surface area contributed by atoms with Crippen LogP contribution in [-0.4, -0.2) is 28.7 Å². The number of thiazole rings is 1. The predicted octanol–water partition coefficient (Wildman–Crippen LogP) is 3.17. The van der Waals surface area contributed by atoms with E-state index in [2.05, 4.69) is 20.9 Å². The first-order valence-electron chi connectivity index (χ1n) is 8.78. The van der Waals surface area contributed by atoms with Crippen molar-refractivity contribution < 1.29 is 18.8 Å². The first-order chi connectivity index (χ1) is 13.8. The van der Waals surface area contributed by atoms with Crippen molar-refractivity contribution in [2.45, 2.75) is 33.4 Å². The van der Waals surface area contributed by atoms with Crippen molar-refractivity contribution in [1.29, 1.82) is 0 Å². The van der Waals surface area contributed by atoms with E-state index < -0.39 is 6.04 Å². The van der Waals surface area contributed by atoms with E-state index in [9.17, 15) is 14.4 Å². The van der Waals surface area contributed by atoms with Gasteiger partial charge in [0.1, 0.15) is 12.3 Å². The molecule has 0 radical (unpaired) electrons. The fourth-order valence-electron chi connectivity index (χ4n) is 2.44. The minimum Gasteiger partial charge on any atom is -0.472 e. The molecule has 3 aromatic heterocycles. The van der Waals surface area contributed by atoms with Crippen LogP contribution in [0.1, 0.15) is 34.0 Å². The van der Waals surface area contributed by atoms with Gasteiger partial charge in [0.15, 0.2) is 5.13 Å². The van der Waals surface area contributed by atoms with E-state index in [-0.39, 0.29) is 17.7 Å². The van der Waals surface area contributed by atoms with E-state index in [0.29, 0.717) is 17.2 Å². The SMILES string of the molecule is CC(=O)NCc1ccc(-c2nc(NC(=O)C(C)NC(=O)c3ccoc3)sc2C)s1. The second kappa shape index (κ2) is 9.01. The van der Waals surface area contributed by atoms with Crippen LogP contribution < -0.4 is 16.0 Å². The van der Waals surface area contributed by atoms with Crippen LogP contribution in [0.4, 0.5) is 5.13 Å². The number of hydrogen-bond acceptors (Lipinski definition) is 7. The fraction of sp³-hybridized carbons (Fsp3) is 0.263. The molecule has 3 amide bonds. The number of furan rings is 1. The van der Waals surface area contributed by atoms with Crippen molar-refractivity contribution in [2.75, 3.05) is 5.32 Å². The van der Waals surface area contributed by atoms with E-state index >= 15 is 0 Å². The van der Waals surface area contributed by atoms with Gasteiger partial charge < -0.3 is 20.4 Å². The second-order valence-corrected chi connectivity index (χ2v) is 8.67. The van der Waals surface area contributed by atoms with Crippen molar-refractivity contribution in [3.05, 3.63) is 46.0 Å². The molecule has 0 spiro atoms. The molecule has 0 aliphatic heterocycles. The Morgan fingerprint density at radius 3 is 2.69 bits per heavy atom. The maximum absolute atomic E-state index is 12.4. The standard InChI is InChI=1S/C19H20N4O4S2/c1-10(21-18(26)13-6-7-27-9-13)17(25)23-19-22-16(11(2)28-19)15-5-4-14(29-15)8-20-12(3)24/h4-7,9-10H,8H2,1-3H3,(H,20,24)(H,21,26)(H,22,23,25). The normalized spacial score (nSPS) is 11.7. The van der Waals surface area contributed by atoms with Crippen LogP contribution in [-0.2, 0) is 16.1 Å². The Labute approximate surface area is 175 Å². The maximum Gasteiger partial charge on any atom is 0.255 e. The molecule has 0 aromatic carbocycles. The van der Waals surface area contributed by atoms with Gasteiger partial charge in [-0.15, -0.1) is 22.7 Å². The second-order valence-electron chi connectivity index (χ2n) is 6.30. The number of aromatic nitrogens is 1. The molecular formula is C19H20N4O4S2. The molecule has 10 heteroatoms. The number of carbonyl (C=O) groups is 3. The number of aryl methyl sites for hydroxylation is 1. The van der Waals surface area contributed by atoms with E-state index in [1.165, 1.54) is 48.2 Å². The van der Waals surface area contributed by atoms with Crippen LogP contribution in [0.15, 0.2) is 35.1 Å². The van der Waals surface area contributed by atoms with Gasteiger partial charge in [0.05, 0.1) is 28.9 Å². The van der Waals surface area contributed by atoms with E-state index in [1.54, 1.807) is 6.92 Å². The number of anilines is 1. The molecule has 0 aliphatic rings. The molecule has 0 aliphatic carbocycles. The molecule has 1 unspecified atom stereocenters. The summed E-state index contributed by atoms with van der Waals surface area (Å²) in [7, 11) is 0. The lowest BCUT2D eigenvalue weighted by Gasteiger charge is -2.12. The quantitative estimate of drug-likeness (QED) is 0.531. The van der Waals surface area contributed by atoms with E-state index in [4.69, 9.17) is 4.42 Å². The Morgan fingerprint density at radius 1 is 1.21 bits per heavy atom. The van der Waals surface area contributed by atoms with E-state index in [0.717, 1.165) is 20.3 Å². The highest BCUT2D eigenvalue weighted by molar-refractivity contribution is 7.18. The molecule has 0 saturated carbocycles. The van der Waals surface area contributed by atoms with Crippen LogP contribution >= 0.6 is 22.7 Å². The summed E-state index contributed by atoms with van der Waals surface area (Å²) in [6.45, 7) is 5.48. The van der Waals surface area contributed by atoms with Gasteiger partial charge in [0, 0.05) is 16.7 Å². The molecule has 1 atom stereocenters. The predicted molar refractivity (Wildman–Crippen MR) is 112 cm³/mol. The van der Waals surface area contributed by atoms with Gasteiger partial charge in [-0.3, -0.25) is 14.4 Å². The Hall–Kier alpha value is -2.98. The van der Waals surface area contributed by atoms with Crippen LogP contribution in [0, 0.1) is 6.92 Å². The van der Waals surface area contributed by atoms with Crippen molar-refractivity contribution >= 4 is 45.5 Å². The van der Waals surface area contributed by atoms with Gasteiger partial charge in [0.2, 0.25) is 11.8 Å². The molecule has 29 heavy (non-hydrogen) atoms. The van der Waals surface area contributed by atoms with Crippen molar-refractivity contribution in [3.63, 3.8) is 0 Å². The molecule has 0 saturated heterocycles. The number of thiophene rings is 1. The minimum absolute atomic E-state index is 0.0798. The van der Waals surface area contributed by atoms with Gasteiger partial charge >= 0.3 is 0 Å². The Bertz CT molecular complexity index is 1020. The van der Waals surface area contributed by atoms with Crippen molar-refractivity contribution in [3.8, 4) is 10.6 Å². The third-order valence-corrected chi connectivity index (χ3v) is 5.94. The average Bonchev–Trinajstić information content (AvgIpc) is 3.40. The zero-order chi connectivity index (χ0) is 21.0. The summed E-state index contributed by atoms with van der Waals surface area (Å²) in [6.07, 6.45) is 2.71. The third kappa shape index (κ3) is 5.30. The topological polar surface area (TPSA) is 113 Å². The highest BCUT2D eigenvalue weighted by Gasteiger charge is 2.20. The summed E-state index contributed by atoms with van der Waals surface area (Å²) < 4.78 is 4.87. The first-order valence-corrected chi connectivity index (χ1v) is 10.4. The number of nitrogens with zero attached hydrogens (tertiary/aromatic N) is 1. The molecule has 0 bridgehead atoms. The lowest BCUT2D eigenvalue weighted by molar-refractivity contribution is -0.119. The summed E-state index contributed by atoms with van der Waals surface area (Å²) in [5.41, 5.74) is 1.14. The Balaban J connectivity index is 1.63. The van der Waals surface area contributed by atoms with Crippen LogP contribution in [0.3, 0.4) is 0 Å². The highest BCUT2D eigenvalue weighted by Crippen LogP contribution is 2.34. The lowest BCUT2D eigenvalue weighted by Crippen LogP contribution is -2.41. The molecule has 3 rings (SSSR count). The zero-order valence-corrected chi connectivity index (χ0v) is 17.7. The molecular weight excluding hydrogens is 412 g/mol. The van der Waals surface area contributed by atoms with Gasteiger partial charge in [-0.1, -0.05) is 0 Å². The van der Waals surface area contributed by atoms with Crippen LogP contribution in [0.2, 0.25) is 0 Å². The number of hydrogen-bond donors (Lipinski definition) is 3. The molecule has 3 N–H and O–H groups in total. The number of carbonyl (C=O) groups excluding carboxylic acids is 3.